The first-order valence-corrected chi connectivity index (χ1v) is 24.8. The Kier molecular flexibility index (Phi) is 8.76. The third kappa shape index (κ3) is 6.15. The van der Waals surface area contributed by atoms with Crippen molar-refractivity contribution in [1.29, 1.82) is 0 Å². The van der Waals surface area contributed by atoms with Gasteiger partial charge < -0.3 is 9.13 Å². The van der Waals surface area contributed by atoms with E-state index >= 15 is 0 Å². The summed E-state index contributed by atoms with van der Waals surface area (Å²) >= 11 is 1.85. The Balaban J connectivity index is 1.04. The molecule has 0 spiro atoms. The molecule has 0 aliphatic heterocycles. The number of aromatic nitrogens is 5. The largest absolute Gasteiger partial charge is 0.309 e. The van der Waals surface area contributed by atoms with Gasteiger partial charge in [-0.15, -0.1) is 11.3 Å². The van der Waals surface area contributed by atoms with Crippen LogP contribution in [0.4, 0.5) is 0 Å². The minimum absolute atomic E-state index is 0.599. The molecular weight excluding hydrogens is 883 g/mol. The van der Waals surface area contributed by atoms with Crippen molar-refractivity contribution in [1.82, 2.24) is 24.1 Å². The van der Waals surface area contributed by atoms with Crippen LogP contribution >= 0.6 is 11.3 Å². The van der Waals surface area contributed by atoms with Crippen LogP contribution in [0.25, 0.3) is 142 Å². The quantitative estimate of drug-likeness (QED) is 0.167. The molecule has 0 aliphatic carbocycles. The van der Waals surface area contributed by atoms with Crippen LogP contribution in [0.2, 0.25) is 0 Å². The predicted octanol–water partition coefficient (Wildman–Crippen LogP) is 17.4. The SMILES string of the molecule is c1ccc(-c2nc(-c3ccc(-n4c5ccccc5c5cc6ccccc6cc54)c(-c4cccc5sc6ccc7ccccc7c6c45)c3)nc(-c3cccc4c5ccccc5n(-c5ccccc5)c34)n2)cc1. The van der Waals surface area contributed by atoms with Gasteiger partial charge in [-0.1, -0.05) is 164 Å². The fourth-order valence-corrected chi connectivity index (χ4v) is 12.3. The van der Waals surface area contributed by atoms with E-state index in [-0.39, 0.29) is 0 Å². The number of fused-ring (bicyclic) bond motifs is 12. The fourth-order valence-electron chi connectivity index (χ4n) is 11.2. The van der Waals surface area contributed by atoms with E-state index in [0.717, 1.165) is 66.6 Å². The van der Waals surface area contributed by atoms with E-state index in [0.29, 0.717) is 17.5 Å². The van der Waals surface area contributed by atoms with Gasteiger partial charge in [0.1, 0.15) is 0 Å². The molecule has 0 aliphatic rings. The summed E-state index contributed by atoms with van der Waals surface area (Å²) in [5, 5.41) is 12.2. The molecule has 6 heteroatoms. The minimum Gasteiger partial charge on any atom is -0.309 e. The molecule has 4 heterocycles. The molecule has 330 valence electrons. The average molecular weight is 922 g/mol. The molecule has 0 saturated heterocycles. The molecule has 0 N–H and O–H groups in total. The van der Waals surface area contributed by atoms with Crippen molar-refractivity contribution >= 4 is 96.7 Å². The Morgan fingerprint density at radius 3 is 1.70 bits per heavy atom. The van der Waals surface area contributed by atoms with Crippen LogP contribution in [0, 0.1) is 0 Å². The van der Waals surface area contributed by atoms with E-state index in [1.807, 2.05) is 29.5 Å². The zero-order valence-corrected chi connectivity index (χ0v) is 39.0. The molecule has 0 atom stereocenters. The number of nitrogens with zero attached hydrogens (tertiary/aromatic N) is 5. The normalized spacial score (nSPS) is 11.9. The van der Waals surface area contributed by atoms with E-state index in [4.69, 9.17) is 15.0 Å². The van der Waals surface area contributed by atoms with Crippen LogP contribution in [0.3, 0.4) is 0 Å². The topological polar surface area (TPSA) is 48.5 Å². The third-order valence-corrected chi connectivity index (χ3v) is 15.5. The first-order valence-electron chi connectivity index (χ1n) is 24.0. The van der Waals surface area contributed by atoms with Crippen molar-refractivity contribution in [2.75, 3.05) is 0 Å². The average Bonchev–Trinajstić information content (AvgIpc) is 4.11. The van der Waals surface area contributed by atoms with Crippen molar-refractivity contribution in [3.63, 3.8) is 0 Å². The van der Waals surface area contributed by atoms with Gasteiger partial charge in [0.25, 0.3) is 0 Å². The molecule has 15 aromatic rings. The lowest BCUT2D eigenvalue weighted by molar-refractivity contribution is 1.07. The number of rotatable bonds is 6. The highest BCUT2D eigenvalue weighted by molar-refractivity contribution is 7.26. The van der Waals surface area contributed by atoms with E-state index in [1.165, 1.54) is 57.9 Å². The summed E-state index contributed by atoms with van der Waals surface area (Å²) in [6.45, 7) is 0. The number of hydrogen-bond donors (Lipinski definition) is 0. The summed E-state index contributed by atoms with van der Waals surface area (Å²) in [6.07, 6.45) is 0. The van der Waals surface area contributed by atoms with E-state index in [2.05, 4.69) is 228 Å². The number of thiophene rings is 1. The Hall–Kier alpha value is -9.23. The Morgan fingerprint density at radius 1 is 0.310 bits per heavy atom. The second kappa shape index (κ2) is 15.7. The lowest BCUT2D eigenvalue weighted by Gasteiger charge is -2.17. The Labute approximate surface area is 411 Å². The molecule has 4 aromatic heterocycles. The summed E-state index contributed by atoms with van der Waals surface area (Å²) in [5.74, 6) is 1.82. The van der Waals surface area contributed by atoms with Crippen molar-refractivity contribution in [3.05, 3.63) is 237 Å². The van der Waals surface area contributed by atoms with Gasteiger partial charge in [-0.25, -0.2) is 15.0 Å². The van der Waals surface area contributed by atoms with Crippen molar-refractivity contribution in [2.45, 2.75) is 0 Å². The first-order chi connectivity index (χ1) is 35.2. The molecule has 0 saturated carbocycles. The maximum absolute atomic E-state index is 5.52. The van der Waals surface area contributed by atoms with E-state index in [1.54, 1.807) is 0 Å². The van der Waals surface area contributed by atoms with Crippen molar-refractivity contribution in [3.8, 4) is 56.7 Å². The van der Waals surface area contributed by atoms with E-state index < -0.39 is 0 Å². The van der Waals surface area contributed by atoms with Gasteiger partial charge in [0.15, 0.2) is 17.5 Å². The lowest BCUT2D eigenvalue weighted by Crippen LogP contribution is -2.03. The smallest absolute Gasteiger partial charge is 0.166 e. The predicted molar refractivity (Wildman–Crippen MR) is 298 cm³/mol. The summed E-state index contributed by atoms with van der Waals surface area (Å²) in [4.78, 5) is 16.2. The van der Waals surface area contributed by atoms with Crippen LogP contribution in [-0.2, 0) is 0 Å². The summed E-state index contributed by atoms with van der Waals surface area (Å²) < 4.78 is 7.33. The molecule has 15 rings (SSSR count). The highest BCUT2D eigenvalue weighted by Gasteiger charge is 2.24. The molecule has 0 amide bonds. The van der Waals surface area contributed by atoms with Gasteiger partial charge in [0, 0.05) is 69.7 Å². The van der Waals surface area contributed by atoms with Gasteiger partial charge in [-0.05, 0) is 99.9 Å². The maximum Gasteiger partial charge on any atom is 0.166 e. The number of benzene rings is 11. The highest BCUT2D eigenvalue weighted by Crippen LogP contribution is 2.47. The van der Waals surface area contributed by atoms with Crippen LogP contribution in [0.1, 0.15) is 0 Å². The van der Waals surface area contributed by atoms with Crippen LogP contribution in [0.15, 0.2) is 237 Å². The van der Waals surface area contributed by atoms with Crippen molar-refractivity contribution < 1.29 is 0 Å². The molecular formula is C65H39N5S. The van der Waals surface area contributed by atoms with Crippen molar-refractivity contribution in [2.24, 2.45) is 0 Å². The zero-order chi connectivity index (χ0) is 46.6. The minimum atomic E-state index is 0.599. The molecule has 0 radical (unpaired) electrons. The van der Waals surface area contributed by atoms with Crippen LogP contribution in [-0.4, -0.2) is 24.1 Å². The number of para-hydroxylation sites is 4. The Morgan fingerprint density at radius 2 is 0.901 bits per heavy atom. The second-order valence-corrected chi connectivity index (χ2v) is 19.4. The molecule has 0 fully saturated rings. The van der Waals surface area contributed by atoms with Crippen LogP contribution < -0.4 is 0 Å². The highest BCUT2D eigenvalue weighted by atomic mass is 32.1. The summed E-state index contributed by atoms with van der Waals surface area (Å²) in [5.41, 5.74) is 11.6. The monoisotopic (exact) mass is 921 g/mol. The van der Waals surface area contributed by atoms with Gasteiger partial charge in [0.2, 0.25) is 0 Å². The maximum atomic E-state index is 5.52. The zero-order valence-electron chi connectivity index (χ0n) is 38.2. The molecule has 71 heavy (non-hydrogen) atoms. The number of hydrogen-bond acceptors (Lipinski definition) is 4. The molecule has 0 bridgehead atoms. The fraction of sp³-hybridized carbons (Fsp3) is 0. The standard InChI is InChI=1S/C65H39N5S/c1-3-18-41(19-4-1)63-66-64(68-65(67-63)51-29-15-28-50-47-25-11-13-30-54(47)69(62(50)51)45-22-5-2-6-23-45)44-33-35-56(70-55-31-14-12-26-48(55)52-37-42-20-7-8-21-43(42)39-57(52)70)53(38-44)49-27-16-32-58-61(49)60-46-24-10-9-17-40(46)34-36-59(60)71-58/h1-39H. The van der Waals surface area contributed by atoms with Gasteiger partial charge in [-0.3, -0.25) is 0 Å². The molecule has 5 nitrogen and oxygen atoms in total. The van der Waals surface area contributed by atoms with Gasteiger partial charge in [0.05, 0.1) is 27.8 Å². The van der Waals surface area contributed by atoms with Gasteiger partial charge in [-0.2, -0.15) is 0 Å². The third-order valence-electron chi connectivity index (χ3n) is 14.3. The second-order valence-electron chi connectivity index (χ2n) is 18.3. The molecule has 0 unspecified atom stereocenters. The Bertz CT molecular complexity index is 4640. The molecule has 11 aromatic carbocycles. The first kappa shape index (κ1) is 39.7. The summed E-state index contributed by atoms with van der Waals surface area (Å²) in [7, 11) is 0. The van der Waals surface area contributed by atoms with Crippen LogP contribution in [0.5, 0.6) is 0 Å². The van der Waals surface area contributed by atoms with E-state index in [9.17, 15) is 0 Å². The summed E-state index contributed by atoms with van der Waals surface area (Å²) in [6, 6.07) is 85.1. The van der Waals surface area contributed by atoms with Gasteiger partial charge >= 0.3 is 0 Å². The lowest BCUT2D eigenvalue weighted by atomic mass is 9.94.